The van der Waals surface area contributed by atoms with Crippen molar-refractivity contribution in [3.05, 3.63) is 48.0 Å². The monoisotopic (exact) mass is 493 g/mol. The fourth-order valence-electron chi connectivity index (χ4n) is 2.56. The number of hydrogen-bond acceptors (Lipinski definition) is 6. The first-order chi connectivity index (χ1) is 14.9. The molecular formula is C20H22F3NO6S2. The Morgan fingerprint density at radius 3 is 2.38 bits per heavy atom. The highest BCUT2D eigenvalue weighted by molar-refractivity contribution is 8.00. The van der Waals surface area contributed by atoms with Gasteiger partial charge in [-0.25, -0.2) is 17.9 Å². The molecule has 176 valence electrons. The van der Waals surface area contributed by atoms with Crippen molar-refractivity contribution >= 4 is 27.8 Å². The Hall–Kier alpha value is -2.44. The van der Waals surface area contributed by atoms with Crippen LogP contribution in [0.15, 0.2) is 52.3 Å². The Morgan fingerprint density at radius 2 is 1.84 bits per heavy atom. The molecule has 0 bridgehead atoms. The van der Waals surface area contributed by atoms with Crippen LogP contribution < -0.4 is 14.2 Å². The second-order valence-corrected chi connectivity index (χ2v) is 9.77. The molecule has 0 spiro atoms. The molecule has 0 radical (unpaired) electrons. The molecule has 7 nitrogen and oxygen atoms in total. The predicted molar refractivity (Wildman–Crippen MR) is 113 cm³/mol. The summed E-state index contributed by atoms with van der Waals surface area (Å²) >= 11 is 1.44. The van der Waals surface area contributed by atoms with Crippen LogP contribution >= 0.6 is 11.8 Å². The van der Waals surface area contributed by atoms with Crippen molar-refractivity contribution in [1.29, 1.82) is 0 Å². The van der Waals surface area contributed by atoms with E-state index in [9.17, 15) is 26.4 Å². The smallest absolute Gasteiger partial charge is 0.482 e. The number of thioether (sulfide) groups is 1. The molecule has 0 fully saturated rings. The number of benzene rings is 2. The van der Waals surface area contributed by atoms with Crippen molar-refractivity contribution in [2.45, 2.75) is 41.7 Å². The van der Waals surface area contributed by atoms with Crippen LogP contribution in [0.2, 0.25) is 0 Å². The molecule has 0 saturated carbocycles. The standard InChI is InChI=1S/C20H22F3NO6S2/c1-3-15(31-16-6-9-18(13(2)10-16)29-12-19(25)26)11-24-32(27,28)17-7-4-14(5-8-17)30-20(21,22)23/h4-10,15,24H,3,11-12H2,1-2H3,(H,25,26). The summed E-state index contributed by atoms with van der Waals surface area (Å²) < 4.78 is 73.1. The molecule has 32 heavy (non-hydrogen) atoms. The largest absolute Gasteiger partial charge is 0.573 e. The Balaban J connectivity index is 1.99. The molecule has 0 aliphatic heterocycles. The third kappa shape index (κ3) is 8.24. The molecule has 0 aromatic heterocycles. The molecular weight excluding hydrogens is 471 g/mol. The van der Waals surface area contributed by atoms with Crippen LogP contribution in [0.1, 0.15) is 18.9 Å². The summed E-state index contributed by atoms with van der Waals surface area (Å²) in [6, 6.07) is 9.18. The summed E-state index contributed by atoms with van der Waals surface area (Å²) in [4.78, 5) is 11.3. The average Bonchev–Trinajstić information content (AvgIpc) is 2.69. The molecule has 0 heterocycles. The van der Waals surface area contributed by atoms with Gasteiger partial charge in [-0.2, -0.15) is 0 Å². The van der Waals surface area contributed by atoms with Crippen molar-refractivity contribution in [3.63, 3.8) is 0 Å². The third-order valence-electron chi connectivity index (χ3n) is 4.12. The number of nitrogens with one attached hydrogen (secondary N) is 1. The van der Waals surface area contributed by atoms with Gasteiger partial charge in [-0.3, -0.25) is 0 Å². The maximum Gasteiger partial charge on any atom is 0.573 e. The number of rotatable bonds is 11. The summed E-state index contributed by atoms with van der Waals surface area (Å²) in [5, 5.41) is 8.58. The highest BCUT2D eigenvalue weighted by Crippen LogP contribution is 2.30. The first-order valence-corrected chi connectivity index (χ1v) is 11.7. The van der Waals surface area contributed by atoms with Crippen molar-refractivity contribution < 1.29 is 41.0 Å². The van der Waals surface area contributed by atoms with Crippen LogP contribution in [-0.4, -0.2) is 44.3 Å². The highest BCUT2D eigenvalue weighted by Gasteiger charge is 2.31. The Labute approximate surface area is 188 Å². The summed E-state index contributed by atoms with van der Waals surface area (Å²) in [7, 11) is -3.92. The minimum atomic E-state index is -4.86. The highest BCUT2D eigenvalue weighted by atomic mass is 32.2. The van der Waals surface area contributed by atoms with E-state index in [0.717, 1.165) is 34.7 Å². The van der Waals surface area contributed by atoms with Gasteiger partial charge >= 0.3 is 12.3 Å². The Kier molecular flexibility index (Phi) is 8.81. The number of carbonyl (C=O) groups is 1. The van der Waals surface area contributed by atoms with Crippen molar-refractivity contribution in [2.75, 3.05) is 13.2 Å². The van der Waals surface area contributed by atoms with Crippen LogP contribution in [0.4, 0.5) is 13.2 Å². The quantitative estimate of drug-likeness (QED) is 0.452. The first kappa shape index (κ1) is 25.8. The number of carboxylic acids is 1. The third-order valence-corrected chi connectivity index (χ3v) is 6.92. The van der Waals surface area contributed by atoms with Gasteiger partial charge in [0, 0.05) is 16.7 Å². The number of hydrogen-bond donors (Lipinski definition) is 2. The zero-order valence-electron chi connectivity index (χ0n) is 17.2. The number of ether oxygens (including phenoxy) is 2. The van der Waals surface area contributed by atoms with E-state index in [1.165, 1.54) is 11.8 Å². The topological polar surface area (TPSA) is 102 Å². The van der Waals surface area contributed by atoms with Gasteiger partial charge in [-0.05, 0) is 61.4 Å². The molecule has 1 unspecified atom stereocenters. The fraction of sp³-hybridized carbons (Fsp3) is 0.350. The normalized spacial score (nSPS) is 12.9. The van der Waals surface area contributed by atoms with Crippen LogP contribution in [0, 0.1) is 6.92 Å². The van der Waals surface area contributed by atoms with E-state index in [0.29, 0.717) is 12.2 Å². The summed E-state index contributed by atoms with van der Waals surface area (Å²) in [5.41, 5.74) is 0.743. The van der Waals surface area contributed by atoms with Gasteiger partial charge in [0.05, 0.1) is 4.90 Å². The summed E-state index contributed by atoms with van der Waals surface area (Å²) in [5.74, 6) is -1.14. The van der Waals surface area contributed by atoms with E-state index >= 15 is 0 Å². The fourth-order valence-corrected chi connectivity index (χ4v) is 4.86. The maximum atomic E-state index is 12.5. The minimum absolute atomic E-state index is 0.0978. The van der Waals surface area contributed by atoms with E-state index in [1.807, 2.05) is 13.0 Å². The Morgan fingerprint density at radius 1 is 1.19 bits per heavy atom. The van der Waals surface area contributed by atoms with Crippen LogP contribution in [0.25, 0.3) is 0 Å². The van der Waals surface area contributed by atoms with E-state index in [1.54, 1.807) is 19.1 Å². The van der Waals surface area contributed by atoms with Crippen LogP contribution in [0.5, 0.6) is 11.5 Å². The average molecular weight is 494 g/mol. The molecule has 0 saturated heterocycles. The van der Waals surface area contributed by atoms with Gasteiger partial charge in [0.15, 0.2) is 6.61 Å². The number of sulfonamides is 1. The van der Waals surface area contributed by atoms with E-state index in [2.05, 4.69) is 9.46 Å². The van der Waals surface area contributed by atoms with E-state index in [4.69, 9.17) is 9.84 Å². The minimum Gasteiger partial charge on any atom is -0.482 e. The number of alkyl halides is 3. The van der Waals surface area contributed by atoms with Gasteiger partial charge < -0.3 is 14.6 Å². The zero-order valence-corrected chi connectivity index (χ0v) is 18.8. The lowest BCUT2D eigenvalue weighted by atomic mass is 10.2. The molecule has 0 aliphatic rings. The summed E-state index contributed by atoms with van der Waals surface area (Å²) in [6.07, 6.45) is -4.22. The van der Waals surface area contributed by atoms with Crippen LogP contribution in [-0.2, 0) is 14.8 Å². The zero-order chi connectivity index (χ0) is 23.9. The van der Waals surface area contributed by atoms with Crippen LogP contribution in [0.3, 0.4) is 0 Å². The number of aliphatic carboxylic acids is 1. The van der Waals surface area contributed by atoms with Gasteiger partial charge in [0.1, 0.15) is 11.5 Å². The van der Waals surface area contributed by atoms with Gasteiger partial charge in [-0.1, -0.05) is 6.92 Å². The number of carboxylic acid groups (broad SMARTS) is 1. The predicted octanol–water partition coefficient (Wildman–Crippen LogP) is 4.21. The first-order valence-electron chi connectivity index (χ1n) is 9.37. The molecule has 2 N–H and O–H groups in total. The molecule has 12 heteroatoms. The van der Waals surface area contributed by atoms with E-state index in [-0.39, 0.29) is 16.7 Å². The van der Waals surface area contributed by atoms with Gasteiger partial charge in [0.25, 0.3) is 0 Å². The van der Waals surface area contributed by atoms with Crippen molar-refractivity contribution in [1.82, 2.24) is 4.72 Å². The van der Waals surface area contributed by atoms with Gasteiger partial charge in [-0.15, -0.1) is 24.9 Å². The van der Waals surface area contributed by atoms with E-state index < -0.39 is 34.7 Å². The lowest BCUT2D eigenvalue weighted by Gasteiger charge is -2.17. The number of aryl methyl sites for hydroxylation is 1. The number of halogens is 3. The lowest BCUT2D eigenvalue weighted by Crippen LogP contribution is -2.30. The second-order valence-electron chi connectivity index (χ2n) is 6.63. The molecule has 2 rings (SSSR count). The SMILES string of the molecule is CCC(CNS(=O)(=O)c1ccc(OC(F)(F)F)cc1)Sc1ccc(OCC(=O)O)c(C)c1. The molecule has 0 amide bonds. The lowest BCUT2D eigenvalue weighted by molar-refractivity contribution is -0.274. The van der Waals surface area contributed by atoms with Crippen molar-refractivity contribution in [2.24, 2.45) is 0 Å². The summed E-state index contributed by atoms with van der Waals surface area (Å²) in [6.45, 7) is 3.32. The molecule has 2 aromatic rings. The second kappa shape index (κ2) is 10.9. The molecule has 2 aromatic carbocycles. The molecule has 1 atom stereocenters. The maximum absolute atomic E-state index is 12.5. The molecule has 0 aliphatic carbocycles. The van der Waals surface area contributed by atoms with Gasteiger partial charge in [0.2, 0.25) is 10.0 Å². The Bertz CT molecular complexity index is 1030. The van der Waals surface area contributed by atoms with Crippen molar-refractivity contribution in [3.8, 4) is 11.5 Å².